The van der Waals surface area contributed by atoms with Gasteiger partial charge in [-0.3, -0.25) is 24.0 Å². The Morgan fingerprint density at radius 2 is 0.662 bits per heavy atom. The van der Waals surface area contributed by atoms with Crippen molar-refractivity contribution in [1.29, 1.82) is 0 Å². The topological polar surface area (TPSA) is 369 Å². The number of aliphatic hydroxyl groups is 4. The molecule has 32 atom stereocenters. The Kier molecular flexibility index (Phi) is 35.3. The molecule has 16 saturated carbocycles. The number of Topliss-reactive ketones (excluding diaryl/α,β-unsaturated/α-hetero) is 4. The van der Waals surface area contributed by atoms with E-state index in [0.717, 1.165) is 236 Å². The molecule has 4 aromatic heterocycles. The minimum absolute atomic E-state index is 0. The molecule has 8 aromatic rings. The molecule has 0 aliphatic heterocycles. The molecule has 0 radical (unpaired) electrons. The molecule has 0 bridgehead atoms. The van der Waals surface area contributed by atoms with Gasteiger partial charge in [-0.2, -0.15) is 30.4 Å². The molecule has 16 aliphatic rings. The van der Waals surface area contributed by atoms with Crippen molar-refractivity contribution in [1.82, 2.24) is 60.4 Å². The third-order valence-corrected chi connectivity index (χ3v) is 45.6. The van der Waals surface area contributed by atoms with Crippen molar-refractivity contribution in [3.05, 3.63) is 72.8 Å². The number of aromatic amines is 1. The molecule has 16 fully saturated rings. The zero-order valence-corrected chi connectivity index (χ0v) is 99.2. The summed E-state index contributed by atoms with van der Waals surface area (Å²) in [6.07, 6.45) is 41.1. The van der Waals surface area contributed by atoms with E-state index in [1.807, 2.05) is 100 Å². The number of hydrogen-bond donors (Lipinski definition) is 5. The van der Waals surface area contributed by atoms with Crippen LogP contribution in [0.15, 0.2) is 72.8 Å². The van der Waals surface area contributed by atoms with Crippen LogP contribution in [0.4, 0.5) is 0 Å². The van der Waals surface area contributed by atoms with Gasteiger partial charge in [0.2, 0.25) is 0 Å². The number of carbonyl (C=O) groups is 5. The molecule has 0 saturated heterocycles. The zero-order valence-electron chi connectivity index (χ0n) is 92.4. The van der Waals surface area contributed by atoms with Crippen molar-refractivity contribution in [2.24, 2.45) is 162 Å². The van der Waals surface area contributed by atoms with E-state index >= 15 is 0 Å². The summed E-state index contributed by atoms with van der Waals surface area (Å²) in [7, 11) is 6.57. The second-order valence-electron chi connectivity index (χ2n) is 52.3. The van der Waals surface area contributed by atoms with E-state index in [4.69, 9.17) is 29.0 Å². The maximum absolute atomic E-state index is 13.7. The van der Waals surface area contributed by atoms with Crippen molar-refractivity contribution in [3.63, 3.8) is 0 Å². The normalized spacial score (nSPS) is 40.6. The van der Waals surface area contributed by atoms with E-state index in [0.29, 0.717) is 105 Å². The number of fused-ring (bicyclic) bond motifs is 24. The number of benzene rings is 4. The molecule has 4 aromatic carbocycles. The van der Waals surface area contributed by atoms with Crippen LogP contribution in [0.25, 0.3) is 44.1 Å². The van der Waals surface area contributed by atoms with E-state index in [-0.39, 0.29) is 170 Å². The van der Waals surface area contributed by atoms with Gasteiger partial charge in [0.05, 0.1) is 67.2 Å². The van der Waals surface area contributed by atoms with Gasteiger partial charge in [-0.25, -0.2) is 9.36 Å². The molecular formula is C118H171BrK2N12O15. The van der Waals surface area contributed by atoms with Gasteiger partial charge in [-0.05, 0) is 445 Å². The van der Waals surface area contributed by atoms with Gasteiger partial charge in [-0.1, -0.05) is 89.2 Å². The molecule has 24 rings (SSSR count). The van der Waals surface area contributed by atoms with Crippen LogP contribution in [0.2, 0.25) is 0 Å². The number of aromatic nitrogens is 12. The number of nitrogens with zero attached hydrogens (tertiary/aromatic N) is 11. The Balaban J connectivity index is 0.000000141. The third-order valence-electron chi connectivity index (χ3n) is 45.0. The minimum atomic E-state index is -0.486. The summed E-state index contributed by atoms with van der Waals surface area (Å²) in [5.41, 5.74) is 6.68. The standard InChI is InChI=1S/3C29H41N3O3.C22H35BrO2.C7H7N3O.CH2O3.CH4.2K.H/c1-27(34)13-14-28(2)18(16-27)5-7-20-21-8-9-23(29(21,3)12-11-22(20)28)26(33)17-32-25-10-6-19(35-4)15-24(25)30-31-32;1-27(34)13-14-28(2)18(16-27)5-7-20-21-8-9-23(29(21,3)12-11-22(20)28)26(33)17-32-25-15-19(35-4)6-10-24(25)30-31-32;1-27(34)13-14-28(2)18(16-27)5-7-20-21-8-9-23(29(21,3)12-11-22(20)28)26(33)17-32-30-24-10-6-19(35-4)15-25(24)31-32;1-20(25)10-11-21(2)14(12-20)4-5-15-16-6-7-18(19(24)13-23)22(16,3)9-8-17(15)21;1-11-5-2-3-6-7(4-5)9-10-8-6;2-1-4-3;;;;/h3*6,10,15,18,20-23,34H,5,7-9,11-14,16-17H2,1-4H3;14-18,25H,4-13H2,1-3H3;2-4H,1H3,(H,8,9,10);1,3H;1H4;;;/q;;;;;;;2*+1;-1/p-1/t3*18-,20-,21-,22-,23+,27+,28-,29-;14-,15-,16-,17-,18+,20+,21-,22-;;;;;;/m0000....../s1. The largest absolute Gasteiger partial charge is 1.00 e. The molecular weight excluding hydrogens is 1980 g/mol. The number of ether oxygens (including phenoxy) is 4. The maximum atomic E-state index is 13.7. The number of ketones is 4. The molecule has 0 spiro atoms. The quantitative estimate of drug-likeness (QED) is 0.0197. The summed E-state index contributed by atoms with van der Waals surface area (Å²) < 4.78 is 24.5. The van der Waals surface area contributed by atoms with Gasteiger partial charge in [0.25, 0.3) is 6.47 Å². The first-order chi connectivity index (χ1) is 68.9. The average Bonchev–Trinajstić information content (AvgIpc) is 1.63. The first-order valence-electron chi connectivity index (χ1n) is 55.7. The summed E-state index contributed by atoms with van der Waals surface area (Å²) in [6.45, 7) is 28.7. The Labute approximate surface area is 972 Å². The smallest absolute Gasteiger partial charge is 1.00 e. The molecule has 5 N–H and O–H groups in total. The SMILES string of the molecule is C.COc1ccc2c(c1)nnn2CC(=O)[C@H]1CC[C@H]2[C@@H]3CC[C@H]4C[C@](C)(O)CC[C@]4(C)[C@H]3CC[C@]12C.COc1ccc2n[nH]nc2c1.COc1ccc2nn(CC(=O)[C@H]3CC[C@H]4[C@@H]5CC[C@H]6C[C@](C)(O)CC[C@]6(C)[C@H]5CC[C@]34C)nc2c1.COc1ccc2nnn(CC(=O)[C@H]3CC[C@H]4[C@@H]5CC[C@H]6C[C@](C)(O)CC[C@]6(C)[C@H]5CC[C@]34C)c2c1.C[C@@]1(O)CC[C@@]2(C)[C@@H](CC[C@@H]3[C@@H]2CC[C@]2(C)[C@@H](C(=O)CBr)CC[C@@H]32)C1.O=CO[O-].[H-].[K+].[K+]. The predicted molar refractivity (Wildman–Crippen MR) is 565 cm³/mol. The number of nitrogens with one attached hydrogen (secondary N) is 1. The molecule has 148 heavy (non-hydrogen) atoms. The fourth-order valence-corrected chi connectivity index (χ4v) is 37.6. The van der Waals surface area contributed by atoms with Crippen LogP contribution in [0, 0.1) is 162 Å². The zero-order chi connectivity index (χ0) is 103. The van der Waals surface area contributed by atoms with Gasteiger partial charge >= 0.3 is 103 Å². The number of H-pyrrole nitrogens is 1. The maximum Gasteiger partial charge on any atom is 1.00 e. The van der Waals surface area contributed by atoms with E-state index in [1.165, 1.54) is 116 Å². The van der Waals surface area contributed by atoms with Gasteiger partial charge in [0.1, 0.15) is 81.5 Å². The second kappa shape index (κ2) is 45.0. The van der Waals surface area contributed by atoms with Crippen LogP contribution in [-0.4, -0.2) is 167 Å². The monoisotopic (exact) mass is 2150 g/mol. The Bertz CT molecular complexity index is 6040. The van der Waals surface area contributed by atoms with E-state index < -0.39 is 22.4 Å². The molecule has 4 heterocycles. The van der Waals surface area contributed by atoms with E-state index in [2.05, 4.69) is 122 Å². The van der Waals surface area contributed by atoms with Crippen molar-refractivity contribution < 1.29 is 178 Å². The first-order valence-corrected chi connectivity index (χ1v) is 56.8. The number of halogens is 1. The van der Waals surface area contributed by atoms with Crippen molar-refractivity contribution in [2.45, 2.75) is 364 Å². The van der Waals surface area contributed by atoms with Crippen LogP contribution in [0.5, 0.6) is 23.0 Å². The summed E-state index contributed by atoms with van der Waals surface area (Å²) in [4.78, 5) is 66.5. The van der Waals surface area contributed by atoms with Crippen LogP contribution in [0.3, 0.4) is 0 Å². The van der Waals surface area contributed by atoms with Crippen LogP contribution in [0.1, 0.15) is 323 Å². The fraction of sp³-hybridized carbons (Fsp3) is 0.754. The van der Waals surface area contributed by atoms with E-state index in [1.54, 1.807) is 42.6 Å². The van der Waals surface area contributed by atoms with Gasteiger partial charge in [0, 0.05) is 47.9 Å². The number of rotatable bonds is 16. The Hall–Kier alpha value is -4.62. The summed E-state index contributed by atoms with van der Waals surface area (Å²) in [6, 6.07) is 22.6. The molecule has 0 amide bonds. The average molecular weight is 2160 g/mol. The summed E-state index contributed by atoms with van der Waals surface area (Å²) >= 11 is 3.43. The number of hydrogen-bond acceptors (Lipinski definition) is 23. The van der Waals surface area contributed by atoms with Crippen LogP contribution >= 0.6 is 15.9 Å². The van der Waals surface area contributed by atoms with Crippen LogP contribution < -0.4 is 127 Å². The van der Waals surface area contributed by atoms with Crippen LogP contribution in [-0.2, 0) is 48.5 Å². The van der Waals surface area contributed by atoms with Gasteiger partial charge < -0.3 is 50.9 Å². The number of methoxy groups -OCH3 is 4. The number of alkyl halides is 1. The van der Waals surface area contributed by atoms with Crippen molar-refractivity contribution >= 4 is 89.7 Å². The summed E-state index contributed by atoms with van der Waals surface area (Å²) in [5.74, 6) is 16.4. The fourth-order valence-electron chi connectivity index (χ4n) is 37.2. The summed E-state index contributed by atoms with van der Waals surface area (Å²) in [5, 5.41) is 88.5. The molecule has 16 aliphatic carbocycles. The van der Waals surface area contributed by atoms with Crippen molar-refractivity contribution in [2.75, 3.05) is 33.8 Å². The van der Waals surface area contributed by atoms with E-state index in [9.17, 15) is 39.6 Å². The number of carbonyl (C=O) groups excluding carboxylic acids is 5. The van der Waals surface area contributed by atoms with Gasteiger partial charge in [0.15, 0.2) is 17.3 Å². The predicted octanol–water partition coefficient (Wildman–Crippen LogP) is 15.8. The van der Waals surface area contributed by atoms with Crippen molar-refractivity contribution in [3.8, 4) is 23.0 Å². The Morgan fingerprint density at radius 3 is 1.03 bits per heavy atom. The molecule has 30 heteroatoms. The first kappa shape index (κ1) is 116. The third kappa shape index (κ3) is 21.7. The molecule has 802 valence electrons. The van der Waals surface area contributed by atoms with Gasteiger partial charge in [-0.15, -0.1) is 10.2 Å². The minimum Gasteiger partial charge on any atom is -1.00 e. The molecule has 0 unspecified atom stereocenters. The second-order valence-corrected chi connectivity index (χ2v) is 52.8. The molecule has 27 nitrogen and oxygen atoms in total. The Morgan fingerprint density at radius 1 is 0.365 bits per heavy atom.